The van der Waals surface area contributed by atoms with Crippen molar-refractivity contribution in [1.82, 2.24) is 5.32 Å². The van der Waals surface area contributed by atoms with Gasteiger partial charge in [0.25, 0.3) is 0 Å². The Balaban J connectivity index is 1.65. The molecule has 0 aliphatic heterocycles. The maximum atomic E-state index is 11.5. The SMILES string of the molecule is CC(=O)Nc1ccc(OCCOCCOCCOCCOCCOCCOCCOCCOCCOCCOCCOCCOCCNC(=O)OC(C)(C)C)cc1. The van der Waals surface area contributed by atoms with Gasteiger partial charge in [0.1, 0.15) is 18.0 Å². The van der Waals surface area contributed by atoms with E-state index in [9.17, 15) is 9.59 Å². The molecule has 332 valence electrons. The van der Waals surface area contributed by atoms with Crippen LogP contribution in [-0.4, -0.2) is 189 Å². The largest absolute Gasteiger partial charge is 0.491 e. The highest BCUT2D eigenvalue weighted by Gasteiger charge is 2.15. The lowest BCUT2D eigenvalue weighted by Gasteiger charge is -2.19. The molecule has 0 saturated heterocycles. The van der Waals surface area contributed by atoms with Gasteiger partial charge in [0.15, 0.2) is 0 Å². The summed E-state index contributed by atoms with van der Waals surface area (Å²) in [5.41, 5.74) is 0.210. The molecule has 18 nitrogen and oxygen atoms in total. The van der Waals surface area contributed by atoms with Gasteiger partial charge in [0.2, 0.25) is 5.91 Å². The van der Waals surface area contributed by atoms with Crippen LogP contribution in [-0.2, 0) is 66.4 Å². The van der Waals surface area contributed by atoms with Crippen molar-refractivity contribution in [3.8, 4) is 5.75 Å². The van der Waals surface area contributed by atoms with E-state index in [-0.39, 0.29) is 5.91 Å². The molecule has 1 aromatic carbocycles. The molecule has 0 aliphatic rings. The molecule has 0 fully saturated rings. The molecule has 2 N–H and O–H groups in total. The molecule has 0 aromatic heterocycles. The smallest absolute Gasteiger partial charge is 0.407 e. The maximum Gasteiger partial charge on any atom is 0.407 e. The minimum absolute atomic E-state index is 0.112. The Morgan fingerprint density at radius 2 is 0.719 bits per heavy atom. The zero-order valence-electron chi connectivity index (χ0n) is 34.7. The molecule has 0 spiro atoms. The zero-order chi connectivity index (χ0) is 41.3. The normalized spacial score (nSPS) is 11.5. The topological polar surface area (TPSA) is 187 Å². The molecule has 0 bridgehead atoms. The van der Waals surface area contributed by atoms with E-state index in [1.54, 1.807) is 24.3 Å². The van der Waals surface area contributed by atoms with Crippen LogP contribution in [0.4, 0.5) is 10.5 Å². The minimum Gasteiger partial charge on any atom is -0.491 e. The van der Waals surface area contributed by atoms with Crippen LogP contribution in [0.15, 0.2) is 24.3 Å². The number of ether oxygens (including phenoxy) is 14. The third-order valence-corrected chi connectivity index (χ3v) is 6.68. The Hall–Kier alpha value is -2.72. The predicted molar refractivity (Wildman–Crippen MR) is 210 cm³/mol. The highest BCUT2D eigenvalue weighted by Crippen LogP contribution is 2.15. The number of carbonyl (C=O) groups excluding carboxylic acids is 2. The number of hydrogen-bond donors (Lipinski definition) is 2. The van der Waals surface area contributed by atoms with Crippen molar-refractivity contribution >= 4 is 17.7 Å². The molecule has 0 aliphatic carbocycles. The molecule has 18 heteroatoms. The summed E-state index contributed by atoms with van der Waals surface area (Å²) in [7, 11) is 0. The van der Waals surface area contributed by atoms with Gasteiger partial charge in [-0.05, 0) is 45.0 Å². The van der Waals surface area contributed by atoms with E-state index in [2.05, 4.69) is 10.6 Å². The molecule has 0 radical (unpaired) electrons. The van der Waals surface area contributed by atoms with E-state index < -0.39 is 11.7 Å². The van der Waals surface area contributed by atoms with Crippen molar-refractivity contribution in [2.45, 2.75) is 33.3 Å². The van der Waals surface area contributed by atoms with Crippen LogP contribution in [0.5, 0.6) is 5.75 Å². The molecule has 0 heterocycles. The Morgan fingerprint density at radius 3 is 1.00 bits per heavy atom. The zero-order valence-corrected chi connectivity index (χ0v) is 34.7. The van der Waals surface area contributed by atoms with Crippen LogP contribution in [0, 0.1) is 0 Å². The lowest BCUT2D eigenvalue weighted by molar-refractivity contribution is -0.114. The second-order valence-corrected chi connectivity index (χ2v) is 12.8. The molecular formula is C39H70N2O16. The van der Waals surface area contributed by atoms with Crippen molar-refractivity contribution in [1.29, 1.82) is 0 Å². The lowest BCUT2D eigenvalue weighted by Crippen LogP contribution is -2.34. The van der Waals surface area contributed by atoms with Gasteiger partial charge in [-0.15, -0.1) is 0 Å². The van der Waals surface area contributed by atoms with Crippen molar-refractivity contribution in [3.05, 3.63) is 24.3 Å². The highest BCUT2D eigenvalue weighted by atomic mass is 16.6. The summed E-state index contributed by atoms with van der Waals surface area (Å²) in [6, 6.07) is 7.16. The van der Waals surface area contributed by atoms with Crippen LogP contribution in [0.1, 0.15) is 27.7 Å². The number of nitrogens with one attached hydrogen (secondary N) is 2. The Labute approximate surface area is 338 Å². The number of rotatable bonds is 41. The first kappa shape index (κ1) is 52.3. The molecule has 2 amide bonds. The third kappa shape index (κ3) is 39.9. The second kappa shape index (κ2) is 38.8. The molecule has 0 saturated carbocycles. The maximum absolute atomic E-state index is 11.5. The number of alkyl carbamates (subject to hydrolysis) is 1. The van der Waals surface area contributed by atoms with Gasteiger partial charge in [-0.3, -0.25) is 4.79 Å². The van der Waals surface area contributed by atoms with Gasteiger partial charge in [-0.1, -0.05) is 0 Å². The van der Waals surface area contributed by atoms with Crippen LogP contribution < -0.4 is 15.4 Å². The molecule has 1 aromatic rings. The number of amides is 2. The van der Waals surface area contributed by atoms with Gasteiger partial charge in [0.05, 0.1) is 159 Å². The van der Waals surface area contributed by atoms with E-state index in [1.807, 2.05) is 20.8 Å². The van der Waals surface area contributed by atoms with Crippen molar-refractivity contribution in [3.63, 3.8) is 0 Å². The van der Waals surface area contributed by atoms with E-state index >= 15 is 0 Å². The number of hydrogen-bond acceptors (Lipinski definition) is 16. The van der Waals surface area contributed by atoms with Crippen molar-refractivity contribution in [2.24, 2.45) is 0 Å². The molecule has 0 atom stereocenters. The van der Waals surface area contributed by atoms with E-state index in [0.29, 0.717) is 177 Å². The first-order chi connectivity index (χ1) is 27.8. The molecule has 0 unspecified atom stereocenters. The summed E-state index contributed by atoms with van der Waals surface area (Å²) in [6.07, 6.45) is -0.456. The fourth-order valence-electron chi connectivity index (χ4n) is 4.12. The van der Waals surface area contributed by atoms with Crippen LogP contribution in [0.2, 0.25) is 0 Å². The summed E-state index contributed by atoms with van der Waals surface area (Å²) in [5.74, 6) is 0.600. The summed E-state index contributed by atoms with van der Waals surface area (Å²) in [5, 5.41) is 5.34. The Bertz CT molecular complexity index is 1050. The van der Waals surface area contributed by atoms with Gasteiger partial charge in [0, 0.05) is 19.2 Å². The third-order valence-electron chi connectivity index (χ3n) is 6.68. The van der Waals surface area contributed by atoms with Crippen molar-refractivity contribution in [2.75, 3.05) is 177 Å². The Morgan fingerprint density at radius 1 is 0.439 bits per heavy atom. The van der Waals surface area contributed by atoms with Gasteiger partial charge < -0.3 is 76.9 Å². The fourth-order valence-corrected chi connectivity index (χ4v) is 4.12. The average Bonchev–Trinajstić information content (AvgIpc) is 3.17. The predicted octanol–water partition coefficient (Wildman–Crippen LogP) is 2.75. The van der Waals surface area contributed by atoms with Gasteiger partial charge in [-0.25, -0.2) is 4.79 Å². The number of benzene rings is 1. The van der Waals surface area contributed by atoms with Gasteiger partial charge >= 0.3 is 6.09 Å². The van der Waals surface area contributed by atoms with E-state index in [0.717, 1.165) is 5.69 Å². The van der Waals surface area contributed by atoms with Crippen LogP contribution in [0.25, 0.3) is 0 Å². The number of carbonyl (C=O) groups is 2. The van der Waals surface area contributed by atoms with Gasteiger partial charge in [-0.2, -0.15) is 0 Å². The number of anilines is 1. The van der Waals surface area contributed by atoms with Crippen LogP contribution in [0.3, 0.4) is 0 Å². The molecule has 57 heavy (non-hydrogen) atoms. The van der Waals surface area contributed by atoms with Crippen LogP contribution >= 0.6 is 0 Å². The Kier molecular flexibility index (Phi) is 35.6. The summed E-state index contributed by atoms with van der Waals surface area (Å²) in [4.78, 5) is 22.6. The fraction of sp³-hybridized carbons (Fsp3) is 0.795. The summed E-state index contributed by atoms with van der Waals surface area (Å²) >= 11 is 0. The first-order valence-electron chi connectivity index (χ1n) is 19.7. The first-order valence-corrected chi connectivity index (χ1v) is 19.7. The van der Waals surface area contributed by atoms with E-state index in [1.165, 1.54) is 6.92 Å². The minimum atomic E-state index is -0.517. The summed E-state index contributed by atoms with van der Waals surface area (Å²) < 4.78 is 76.5. The monoisotopic (exact) mass is 822 g/mol. The molecular weight excluding hydrogens is 752 g/mol. The lowest BCUT2D eigenvalue weighted by atomic mass is 10.2. The standard InChI is InChI=1S/C39H70N2O16/c1-35(42)41-36-5-7-37(8-6-36)56-34-33-55-32-31-54-30-29-53-28-27-52-26-25-51-24-23-50-22-21-49-20-19-48-18-17-47-16-15-46-14-13-45-12-11-44-10-9-40-38(43)57-39(2,3)4/h5-8H,9-34H2,1-4H3,(H,40,43)(H,41,42). The second-order valence-electron chi connectivity index (χ2n) is 12.8. The quantitative estimate of drug-likeness (QED) is 0.0918. The highest BCUT2D eigenvalue weighted by molar-refractivity contribution is 5.88. The average molecular weight is 823 g/mol. The summed E-state index contributed by atoms with van der Waals surface area (Å²) in [6.45, 7) is 19.0. The van der Waals surface area contributed by atoms with Crippen molar-refractivity contribution < 1.29 is 75.9 Å². The van der Waals surface area contributed by atoms with E-state index in [4.69, 9.17) is 66.3 Å². The molecule has 1 rings (SSSR count).